The first-order chi connectivity index (χ1) is 8.90. The van der Waals surface area contributed by atoms with Gasteiger partial charge in [0, 0.05) is 24.0 Å². The monoisotopic (exact) mass is 271 g/mol. The third-order valence-corrected chi connectivity index (χ3v) is 2.37. The van der Waals surface area contributed by atoms with Gasteiger partial charge in [-0.25, -0.2) is 4.68 Å². The average molecular weight is 271 g/mol. The van der Waals surface area contributed by atoms with Crippen molar-refractivity contribution in [2.24, 2.45) is 0 Å². The fourth-order valence-electron chi connectivity index (χ4n) is 1.61. The summed E-state index contributed by atoms with van der Waals surface area (Å²) in [6, 6.07) is 5.60. The first kappa shape index (κ1) is 13.3. The van der Waals surface area contributed by atoms with Crippen molar-refractivity contribution in [2.75, 3.05) is 12.3 Å². The third kappa shape index (κ3) is 2.98. The lowest BCUT2D eigenvalue weighted by atomic mass is 10.2. The lowest BCUT2D eigenvalue weighted by molar-refractivity contribution is -0.141. The molecule has 19 heavy (non-hydrogen) atoms. The minimum atomic E-state index is -4.46. The topological polar surface area (TPSA) is 53.1 Å². The van der Waals surface area contributed by atoms with Gasteiger partial charge in [-0.3, -0.25) is 0 Å². The van der Waals surface area contributed by atoms with Crippen LogP contribution in [0.25, 0.3) is 5.69 Å². The van der Waals surface area contributed by atoms with Crippen LogP contribution in [0.3, 0.4) is 0 Å². The lowest BCUT2D eigenvalue weighted by Gasteiger charge is -2.08. The summed E-state index contributed by atoms with van der Waals surface area (Å²) in [5.41, 5.74) is 5.53. The van der Waals surface area contributed by atoms with Crippen LogP contribution in [0.4, 0.5) is 18.9 Å². The molecule has 0 fully saturated rings. The fourth-order valence-corrected chi connectivity index (χ4v) is 1.61. The number of aromatic nitrogens is 2. The summed E-state index contributed by atoms with van der Waals surface area (Å²) in [4.78, 5) is 0. The van der Waals surface area contributed by atoms with Crippen LogP contribution in [-0.4, -0.2) is 16.4 Å². The van der Waals surface area contributed by atoms with Gasteiger partial charge in [-0.15, -0.1) is 0 Å². The number of nitrogen functional groups attached to an aromatic ring is 1. The van der Waals surface area contributed by atoms with E-state index >= 15 is 0 Å². The molecular formula is C12H12F3N3O. The minimum absolute atomic E-state index is 0.394. The molecule has 0 bridgehead atoms. The number of halogens is 3. The molecule has 2 N–H and O–H groups in total. The maximum atomic E-state index is 12.5. The Morgan fingerprint density at radius 2 is 2.05 bits per heavy atom. The number of anilines is 1. The van der Waals surface area contributed by atoms with Gasteiger partial charge in [0.2, 0.25) is 0 Å². The second-order valence-electron chi connectivity index (χ2n) is 3.84. The molecule has 0 aliphatic heterocycles. The van der Waals surface area contributed by atoms with E-state index in [9.17, 15) is 13.2 Å². The number of nitrogens with two attached hydrogens (primary N) is 1. The summed E-state index contributed by atoms with van der Waals surface area (Å²) in [5.74, 6) is 0.488. The Hall–Kier alpha value is -2.18. The highest BCUT2D eigenvalue weighted by Crippen LogP contribution is 2.28. The molecule has 4 nitrogen and oxygen atoms in total. The predicted molar refractivity (Wildman–Crippen MR) is 64.1 cm³/mol. The Kier molecular flexibility index (Phi) is 3.37. The molecular weight excluding hydrogens is 259 g/mol. The first-order valence-electron chi connectivity index (χ1n) is 5.56. The molecule has 0 unspecified atom stereocenters. The van der Waals surface area contributed by atoms with Crippen molar-refractivity contribution >= 4 is 5.69 Å². The molecule has 0 radical (unpaired) electrons. The van der Waals surface area contributed by atoms with E-state index in [1.165, 1.54) is 12.3 Å². The van der Waals surface area contributed by atoms with Gasteiger partial charge in [0.05, 0.1) is 12.3 Å². The molecule has 2 aromatic rings. The van der Waals surface area contributed by atoms with Crippen molar-refractivity contribution in [1.29, 1.82) is 0 Å². The predicted octanol–water partition coefficient (Wildman–Crippen LogP) is 2.87. The van der Waals surface area contributed by atoms with E-state index in [1.807, 2.05) is 0 Å². The van der Waals surface area contributed by atoms with Crippen molar-refractivity contribution in [2.45, 2.75) is 13.1 Å². The van der Waals surface area contributed by atoms with E-state index in [4.69, 9.17) is 10.5 Å². The molecule has 1 aromatic heterocycles. The zero-order valence-electron chi connectivity index (χ0n) is 10.1. The number of hydrogen-bond acceptors (Lipinski definition) is 3. The highest BCUT2D eigenvalue weighted by Gasteiger charge is 2.33. The van der Waals surface area contributed by atoms with Crippen molar-refractivity contribution in [3.63, 3.8) is 0 Å². The third-order valence-electron chi connectivity index (χ3n) is 2.37. The number of ether oxygens (including phenoxy) is 1. The van der Waals surface area contributed by atoms with Gasteiger partial charge in [0.25, 0.3) is 0 Å². The number of hydrogen-bond donors (Lipinski definition) is 1. The quantitative estimate of drug-likeness (QED) is 0.873. The van der Waals surface area contributed by atoms with Crippen LogP contribution >= 0.6 is 0 Å². The molecule has 0 spiro atoms. The van der Waals surface area contributed by atoms with E-state index in [0.29, 0.717) is 23.7 Å². The Balaban J connectivity index is 2.38. The summed E-state index contributed by atoms with van der Waals surface area (Å²) in [6.07, 6.45) is -3.23. The summed E-state index contributed by atoms with van der Waals surface area (Å²) < 4.78 is 43.8. The van der Waals surface area contributed by atoms with Crippen LogP contribution < -0.4 is 10.5 Å². The molecule has 0 aliphatic rings. The minimum Gasteiger partial charge on any atom is -0.494 e. The van der Waals surface area contributed by atoms with Gasteiger partial charge in [-0.1, -0.05) is 0 Å². The van der Waals surface area contributed by atoms with Gasteiger partial charge in [-0.2, -0.15) is 18.3 Å². The van der Waals surface area contributed by atoms with Crippen LogP contribution in [0.1, 0.15) is 12.6 Å². The second-order valence-corrected chi connectivity index (χ2v) is 3.84. The maximum absolute atomic E-state index is 12.5. The Morgan fingerprint density at radius 1 is 1.32 bits per heavy atom. The molecule has 0 aliphatic carbocycles. The molecule has 0 atom stereocenters. The summed E-state index contributed by atoms with van der Waals surface area (Å²) in [7, 11) is 0. The van der Waals surface area contributed by atoms with Crippen molar-refractivity contribution in [3.8, 4) is 11.4 Å². The highest BCUT2D eigenvalue weighted by molar-refractivity contribution is 5.53. The molecule has 0 saturated heterocycles. The smallest absolute Gasteiger partial charge is 0.435 e. The van der Waals surface area contributed by atoms with E-state index < -0.39 is 11.9 Å². The average Bonchev–Trinajstić information content (AvgIpc) is 2.77. The molecule has 2 rings (SSSR count). The zero-order chi connectivity index (χ0) is 14.0. The molecule has 1 aromatic carbocycles. The van der Waals surface area contributed by atoms with Gasteiger partial charge in [-0.05, 0) is 19.1 Å². The van der Waals surface area contributed by atoms with Crippen molar-refractivity contribution in [3.05, 3.63) is 36.2 Å². The molecule has 0 saturated carbocycles. The summed E-state index contributed by atoms with van der Waals surface area (Å²) in [6.45, 7) is 2.24. The van der Waals surface area contributed by atoms with E-state index in [1.54, 1.807) is 19.1 Å². The highest BCUT2D eigenvalue weighted by atomic mass is 19.4. The van der Waals surface area contributed by atoms with Crippen LogP contribution in [-0.2, 0) is 6.18 Å². The largest absolute Gasteiger partial charge is 0.494 e. The van der Waals surface area contributed by atoms with Crippen LogP contribution in [0, 0.1) is 0 Å². The standard InChI is InChI=1S/C12H12F3N3O/c1-2-19-10-6-8(16)5-9(7-10)18-4-3-11(17-18)12(13,14)15/h3-7H,2,16H2,1H3. The molecule has 102 valence electrons. The van der Waals surface area contributed by atoms with Gasteiger partial charge in [0.15, 0.2) is 5.69 Å². The summed E-state index contributed by atoms with van der Waals surface area (Å²) >= 11 is 0. The molecule has 1 heterocycles. The number of benzene rings is 1. The lowest BCUT2D eigenvalue weighted by Crippen LogP contribution is -2.07. The maximum Gasteiger partial charge on any atom is 0.435 e. The van der Waals surface area contributed by atoms with E-state index in [2.05, 4.69) is 5.10 Å². The van der Waals surface area contributed by atoms with Crippen molar-refractivity contribution < 1.29 is 17.9 Å². The Labute approximate surface area is 107 Å². The normalized spacial score (nSPS) is 11.6. The van der Waals surface area contributed by atoms with E-state index in [-0.39, 0.29) is 0 Å². The Bertz CT molecular complexity index is 578. The zero-order valence-corrected chi connectivity index (χ0v) is 10.1. The van der Waals surface area contributed by atoms with Crippen LogP contribution in [0.2, 0.25) is 0 Å². The number of nitrogens with zero attached hydrogens (tertiary/aromatic N) is 2. The second kappa shape index (κ2) is 4.83. The van der Waals surface area contributed by atoms with Crippen molar-refractivity contribution in [1.82, 2.24) is 9.78 Å². The molecule has 7 heteroatoms. The van der Waals surface area contributed by atoms with Crippen LogP contribution in [0.15, 0.2) is 30.5 Å². The van der Waals surface area contributed by atoms with Gasteiger partial charge >= 0.3 is 6.18 Å². The van der Waals surface area contributed by atoms with Crippen LogP contribution in [0.5, 0.6) is 5.75 Å². The van der Waals surface area contributed by atoms with Gasteiger partial charge in [0.1, 0.15) is 5.75 Å². The molecule has 0 amide bonds. The summed E-state index contributed by atoms with van der Waals surface area (Å²) in [5, 5.41) is 3.47. The van der Waals surface area contributed by atoms with Gasteiger partial charge < -0.3 is 10.5 Å². The number of rotatable bonds is 3. The number of alkyl halides is 3. The van der Waals surface area contributed by atoms with E-state index in [0.717, 1.165) is 10.7 Å². The SMILES string of the molecule is CCOc1cc(N)cc(-n2ccc(C(F)(F)F)n2)c1. The first-order valence-corrected chi connectivity index (χ1v) is 5.56. The fraction of sp³-hybridized carbons (Fsp3) is 0.250. The Morgan fingerprint density at radius 3 is 2.63 bits per heavy atom.